The summed E-state index contributed by atoms with van der Waals surface area (Å²) in [6.07, 6.45) is 3.58. The van der Waals surface area contributed by atoms with Crippen LogP contribution in [-0.2, 0) is 26.3 Å². The topological polar surface area (TPSA) is 172 Å². The number of carbonyl (C=O) groups excluding carboxylic acids is 2. The van der Waals surface area contributed by atoms with E-state index in [0.29, 0.717) is 16.5 Å². The van der Waals surface area contributed by atoms with Gasteiger partial charge in [-0.05, 0) is 39.8 Å². The molecule has 3 aromatic rings. The van der Waals surface area contributed by atoms with Crippen LogP contribution in [0, 0.1) is 0 Å². The van der Waals surface area contributed by atoms with Gasteiger partial charge in [-0.3, -0.25) is 14.5 Å². The highest BCUT2D eigenvalue weighted by Gasteiger charge is 2.54. The molecule has 5 rings (SSSR count). The lowest BCUT2D eigenvalue weighted by Crippen LogP contribution is -2.71. The van der Waals surface area contributed by atoms with Crippen LogP contribution in [0.2, 0.25) is 0 Å². The first-order valence-corrected chi connectivity index (χ1v) is 14.6. The number of aromatic hydroxyl groups is 1. The fourth-order valence-corrected chi connectivity index (χ4v) is 6.61. The minimum absolute atomic E-state index is 0.0665. The summed E-state index contributed by atoms with van der Waals surface area (Å²) in [7, 11) is 1.67. The lowest BCUT2D eigenvalue weighted by Gasteiger charge is -2.49. The number of amides is 2. The number of carboxylic acids is 1. The van der Waals surface area contributed by atoms with Gasteiger partial charge in [0, 0.05) is 24.1 Å². The van der Waals surface area contributed by atoms with Gasteiger partial charge >= 0.3 is 5.97 Å². The third kappa shape index (κ3) is 6.31. The molecule has 2 atom stereocenters. The quantitative estimate of drug-likeness (QED) is 0.0955. The molecule has 0 radical (unpaired) electrons. The lowest BCUT2D eigenvalue weighted by atomic mass is 10.0. The first-order valence-electron chi connectivity index (χ1n) is 12.6. The van der Waals surface area contributed by atoms with E-state index in [0.717, 1.165) is 5.56 Å². The van der Waals surface area contributed by atoms with Crippen LogP contribution in [0.15, 0.2) is 82.3 Å². The number of fused-ring (bicyclic) bond motifs is 1. The number of phenols is 1. The van der Waals surface area contributed by atoms with Crippen molar-refractivity contribution in [1.82, 2.24) is 30.4 Å². The molecule has 2 aromatic carbocycles. The maximum Gasteiger partial charge on any atom is 0.352 e. The van der Waals surface area contributed by atoms with Crippen molar-refractivity contribution in [3.63, 3.8) is 0 Å². The van der Waals surface area contributed by atoms with Crippen molar-refractivity contribution in [1.29, 1.82) is 0 Å². The third-order valence-corrected chi connectivity index (χ3v) is 8.70. The molecule has 1 fully saturated rings. The average molecular weight is 608 g/mol. The molecule has 3 heterocycles. The van der Waals surface area contributed by atoms with Crippen LogP contribution < -0.4 is 5.32 Å². The summed E-state index contributed by atoms with van der Waals surface area (Å²) < 4.78 is 1.47. The number of aliphatic carboxylic acids is 1. The van der Waals surface area contributed by atoms with E-state index in [-0.39, 0.29) is 35.1 Å². The largest absolute Gasteiger partial charge is 0.508 e. The van der Waals surface area contributed by atoms with Gasteiger partial charge in [-0.2, -0.15) is 0 Å². The maximum atomic E-state index is 13.4. The van der Waals surface area contributed by atoms with Crippen molar-refractivity contribution >= 4 is 53.1 Å². The number of aromatic nitrogens is 4. The zero-order chi connectivity index (χ0) is 29.6. The number of carboxylic acid groups (broad SMARTS) is 1. The Hall–Kier alpha value is -4.63. The predicted molar refractivity (Wildman–Crippen MR) is 155 cm³/mol. The van der Waals surface area contributed by atoms with Gasteiger partial charge in [0.05, 0.1) is 0 Å². The van der Waals surface area contributed by atoms with Crippen molar-refractivity contribution < 1.29 is 29.4 Å². The molecule has 2 amide bonds. The number of nitrogens with one attached hydrogen (secondary N) is 1. The first-order chi connectivity index (χ1) is 20.3. The Morgan fingerprint density at radius 2 is 2.05 bits per heavy atom. The number of nitrogens with zero attached hydrogens (tertiary/aromatic N) is 6. The molecular weight excluding hydrogens is 582 g/mol. The van der Waals surface area contributed by atoms with Crippen LogP contribution in [0.3, 0.4) is 0 Å². The molecule has 3 N–H and O–H groups in total. The number of oxime groups is 1. The molecule has 0 aliphatic carbocycles. The van der Waals surface area contributed by atoms with Crippen LogP contribution in [0.25, 0.3) is 6.08 Å². The Balaban J connectivity index is 1.29. The van der Waals surface area contributed by atoms with Gasteiger partial charge in [-0.25, -0.2) is 9.48 Å². The molecule has 1 saturated heterocycles. The Morgan fingerprint density at radius 3 is 2.76 bits per heavy atom. The van der Waals surface area contributed by atoms with E-state index in [4.69, 9.17) is 4.84 Å². The smallest absolute Gasteiger partial charge is 0.352 e. The van der Waals surface area contributed by atoms with E-state index in [1.807, 2.05) is 36.4 Å². The van der Waals surface area contributed by atoms with Crippen molar-refractivity contribution in [2.24, 2.45) is 12.2 Å². The Morgan fingerprint density at radius 1 is 1.24 bits per heavy atom. The fraction of sp³-hybridized carbons (Fsp3) is 0.222. The van der Waals surface area contributed by atoms with Crippen molar-refractivity contribution in [3.05, 3.63) is 83.1 Å². The second-order valence-electron chi connectivity index (χ2n) is 9.09. The Labute approximate surface area is 248 Å². The summed E-state index contributed by atoms with van der Waals surface area (Å²) in [5.74, 6) is -1.95. The van der Waals surface area contributed by atoms with E-state index >= 15 is 0 Å². The minimum Gasteiger partial charge on any atom is -0.508 e. The highest BCUT2D eigenvalue weighted by Crippen LogP contribution is 2.41. The second kappa shape index (κ2) is 12.9. The van der Waals surface area contributed by atoms with Gasteiger partial charge in [0.15, 0.2) is 5.71 Å². The zero-order valence-electron chi connectivity index (χ0n) is 22.2. The summed E-state index contributed by atoms with van der Waals surface area (Å²) in [4.78, 5) is 45.3. The number of aryl methyl sites for hydroxylation is 1. The summed E-state index contributed by atoms with van der Waals surface area (Å²) in [6.45, 7) is 0.0665. The number of benzene rings is 2. The van der Waals surface area contributed by atoms with Crippen LogP contribution >= 0.6 is 23.5 Å². The lowest BCUT2D eigenvalue weighted by molar-refractivity contribution is -0.150. The number of β-lactam (4-membered cyclic amide) rings is 1. The minimum atomic E-state index is -1.23. The van der Waals surface area contributed by atoms with Crippen LogP contribution in [0.4, 0.5) is 0 Å². The molecule has 0 bridgehead atoms. The number of carbonyl (C=O) groups is 3. The van der Waals surface area contributed by atoms with E-state index in [1.54, 1.807) is 25.3 Å². The standard InChI is InChI=1S/C27H25N7O6S2/c1-33-27(29-31-32-33)42-15-18-14-41-25-21(24(37)34(25)22(18)26(38)39)28-23(36)20(17-10-5-11-19(35)13-17)30-40-12-6-9-16-7-3-2-4-8-16/h2-11,13,21,25,35H,12,14-15H2,1H3,(H,28,36)(H,38,39)/t21?,25-/m0/s1. The van der Waals surface area contributed by atoms with Gasteiger partial charge in [0.1, 0.15) is 29.5 Å². The number of thioether (sulfide) groups is 2. The van der Waals surface area contributed by atoms with Gasteiger partial charge < -0.3 is 20.4 Å². The molecule has 2 aliphatic rings. The third-order valence-electron chi connectivity index (χ3n) is 6.26. The van der Waals surface area contributed by atoms with E-state index < -0.39 is 29.2 Å². The van der Waals surface area contributed by atoms with Gasteiger partial charge in [0.2, 0.25) is 5.16 Å². The number of tetrazole rings is 1. The maximum absolute atomic E-state index is 13.4. The average Bonchev–Trinajstić information content (AvgIpc) is 3.40. The molecule has 13 nitrogen and oxygen atoms in total. The predicted octanol–water partition coefficient (Wildman–Crippen LogP) is 1.88. The summed E-state index contributed by atoms with van der Waals surface area (Å²) >= 11 is 2.61. The monoisotopic (exact) mass is 607 g/mol. The Kier molecular flexibility index (Phi) is 8.88. The molecule has 42 heavy (non-hydrogen) atoms. The van der Waals surface area contributed by atoms with Crippen molar-refractivity contribution in [2.45, 2.75) is 16.6 Å². The Bertz CT molecular complexity index is 1590. The number of phenolic OH excluding ortho intramolecular Hbond substituents is 1. The summed E-state index contributed by atoms with van der Waals surface area (Å²) in [5.41, 5.74) is 1.55. The molecule has 1 aromatic heterocycles. The number of hydrogen-bond acceptors (Lipinski definition) is 11. The van der Waals surface area contributed by atoms with Crippen molar-refractivity contribution in [3.8, 4) is 5.75 Å². The molecule has 216 valence electrons. The number of rotatable bonds is 11. The van der Waals surface area contributed by atoms with E-state index in [2.05, 4.69) is 26.0 Å². The summed E-state index contributed by atoms with van der Waals surface area (Å²) in [6, 6.07) is 14.5. The van der Waals surface area contributed by atoms with E-state index in [1.165, 1.54) is 45.2 Å². The van der Waals surface area contributed by atoms with Gasteiger partial charge in [0.25, 0.3) is 11.8 Å². The SMILES string of the molecule is Cn1nnnc1SCC1=C(C(=O)O)N2C(=O)C(NC(=O)C(=NOCC=Cc3ccccc3)c3cccc(O)c3)[C@@H]2SC1. The van der Waals surface area contributed by atoms with E-state index in [9.17, 15) is 24.6 Å². The molecule has 2 aliphatic heterocycles. The molecule has 1 unspecified atom stereocenters. The second-order valence-corrected chi connectivity index (χ2v) is 11.1. The van der Waals surface area contributed by atoms with Crippen LogP contribution in [-0.4, -0.2) is 88.3 Å². The van der Waals surface area contributed by atoms with Crippen LogP contribution in [0.1, 0.15) is 11.1 Å². The van der Waals surface area contributed by atoms with Crippen molar-refractivity contribution in [2.75, 3.05) is 18.1 Å². The molecule has 0 saturated carbocycles. The zero-order valence-corrected chi connectivity index (χ0v) is 23.8. The first kappa shape index (κ1) is 28.9. The summed E-state index contributed by atoms with van der Waals surface area (Å²) in [5, 5.41) is 37.7. The van der Waals surface area contributed by atoms with Gasteiger partial charge in [-0.15, -0.1) is 16.9 Å². The normalized spacial score (nSPS) is 18.5. The molecular formula is C27H25N7O6S2. The highest BCUT2D eigenvalue weighted by molar-refractivity contribution is 8.01. The molecule has 0 spiro atoms. The highest BCUT2D eigenvalue weighted by atomic mass is 32.2. The molecule has 15 heteroatoms. The fourth-order valence-electron chi connectivity index (χ4n) is 4.27. The number of hydrogen-bond donors (Lipinski definition) is 3. The van der Waals surface area contributed by atoms with Gasteiger partial charge in [-0.1, -0.05) is 65.5 Å². The van der Waals surface area contributed by atoms with Crippen LogP contribution in [0.5, 0.6) is 5.75 Å².